The molecule has 68 valence electrons. The summed E-state index contributed by atoms with van der Waals surface area (Å²) in [5, 5.41) is 0. The third-order valence-electron chi connectivity index (χ3n) is 2.16. The molecule has 0 nitrogen and oxygen atoms in total. The number of aryl methyl sites for hydroxylation is 1. The van der Waals surface area contributed by atoms with Crippen LogP contribution in [0.15, 0.2) is 30.3 Å². The number of hydrogen-bond donors (Lipinski definition) is 0. The first-order chi connectivity index (χ1) is 5.93. The molecule has 0 aromatic heterocycles. The first-order valence-electron chi connectivity index (χ1n) is 4.97. The molecule has 0 aliphatic rings. The number of unbranched alkanes of at least 4 members (excludes halogenated alkanes) is 3. The fourth-order valence-electron chi connectivity index (χ4n) is 1.40. The first kappa shape index (κ1) is 13.2. The van der Waals surface area contributed by atoms with E-state index >= 15 is 0 Å². The summed E-state index contributed by atoms with van der Waals surface area (Å²) in [5.41, 5.74) is 1.48. The van der Waals surface area contributed by atoms with Crippen LogP contribution in [0.3, 0.4) is 0 Å². The van der Waals surface area contributed by atoms with Crippen molar-refractivity contribution < 1.29 is 0 Å². The molecule has 1 heteroatoms. The van der Waals surface area contributed by atoms with Gasteiger partial charge in [-0.1, -0.05) is 56.5 Å². The molecular weight excluding hydrogens is 167 g/mol. The molecule has 0 bridgehead atoms. The van der Waals surface area contributed by atoms with Crippen LogP contribution < -0.4 is 0 Å². The Morgan fingerprint density at radius 3 is 2.23 bits per heavy atom. The number of rotatable bonds is 5. The van der Waals surface area contributed by atoms with Gasteiger partial charge in [0.15, 0.2) is 0 Å². The van der Waals surface area contributed by atoms with Gasteiger partial charge in [0.05, 0.1) is 0 Å². The molecule has 0 radical (unpaired) electrons. The summed E-state index contributed by atoms with van der Waals surface area (Å²) in [6.07, 6.45) is 6.69. The van der Waals surface area contributed by atoms with Gasteiger partial charge in [0.25, 0.3) is 0 Å². The van der Waals surface area contributed by atoms with Crippen molar-refractivity contribution >= 4 is 29.6 Å². The third-order valence-corrected chi connectivity index (χ3v) is 2.16. The van der Waals surface area contributed by atoms with E-state index in [4.69, 9.17) is 0 Å². The van der Waals surface area contributed by atoms with Gasteiger partial charge in [-0.3, -0.25) is 0 Å². The molecule has 0 aliphatic carbocycles. The van der Waals surface area contributed by atoms with Crippen molar-refractivity contribution in [1.29, 1.82) is 0 Å². The van der Waals surface area contributed by atoms with Gasteiger partial charge in [-0.25, -0.2) is 0 Å². The second kappa shape index (κ2) is 8.80. The van der Waals surface area contributed by atoms with Crippen molar-refractivity contribution in [2.75, 3.05) is 0 Å². The van der Waals surface area contributed by atoms with Gasteiger partial charge < -0.3 is 0 Å². The molecule has 0 saturated carbocycles. The molecule has 13 heavy (non-hydrogen) atoms. The maximum absolute atomic E-state index is 2.25. The van der Waals surface area contributed by atoms with Crippen LogP contribution in [0.25, 0.3) is 0 Å². The SMILES string of the molecule is CCCCCCc1ccccc1.[NaH]. The molecule has 0 heterocycles. The van der Waals surface area contributed by atoms with Gasteiger partial charge in [-0.05, 0) is 18.4 Å². The van der Waals surface area contributed by atoms with Crippen molar-refractivity contribution in [2.24, 2.45) is 0 Å². The molecule has 1 aromatic rings. The van der Waals surface area contributed by atoms with Crippen LogP contribution in [0.4, 0.5) is 0 Å². The van der Waals surface area contributed by atoms with Gasteiger partial charge in [-0.2, -0.15) is 0 Å². The Bertz CT molecular complexity index is 194. The van der Waals surface area contributed by atoms with Gasteiger partial charge in [0, 0.05) is 0 Å². The predicted octanol–water partition coefficient (Wildman–Crippen LogP) is 3.16. The van der Waals surface area contributed by atoms with Crippen LogP contribution in [0.1, 0.15) is 38.2 Å². The molecule has 0 saturated heterocycles. The number of benzene rings is 1. The molecule has 0 spiro atoms. The van der Waals surface area contributed by atoms with Crippen LogP contribution in [0.2, 0.25) is 0 Å². The molecular formula is C12H19Na. The third kappa shape index (κ3) is 6.31. The second-order valence-corrected chi connectivity index (χ2v) is 3.30. The monoisotopic (exact) mass is 186 g/mol. The van der Waals surface area contributed by atoms with Gasteiger partial charge in [-0.15, -0.1) is 0 Å². The standard InChI is InChI=1S/C12H18.Na.H/c1-2-3-4-6-9-12-10-7-5-8-11-12;;/h5,7-8,10-11H,2-4,6,9H2,1H3;;. The zero-order valence-corrected chi connectivity index (χ0v) is 7.92. The van der Waals surface area contributed by atoms with E-state index in [2.05, 4.69) is 37.3 Å². The van der Waals surface area contributed by atoms with E-state index in [1.807, 2.05) is 0 Å². The van der Waals surface area contributed by atoms with Crippen molar-refractivity contribution in [3.8, 4) is 0 Å². The Labute approximate surface area is 104 Å². The number of hydrogen-bond acceptors (Lipinski definition) is 0. The first-order valence-corrected chi connectivity index (χ1v) is 4.97. The molecule has 0 N–H and O–H groups in total. The minimum absolute atomic E-state index is 0. The summed E-state index contributed by atoms with van der Waals surface area (Å²) in [4.78, 5) is 0. The van der Waals surface area contributed by atoms with E-state index < -0.39 is 0 Å². The summed E-state index contributed by atoms with van der Waals surface area (Å²) in [6.45, 7) is 2.25. The van der Waals surface area contributed by atoms with E-state index in [0.29, 0.717) is 0 Å². The molecule has 0 aliphatic heterocycles. The normalized spacial score (nSPS) is 9.31. The quantitative estimate of drug-likeness (QED) is 0.489. The summed E-state index contributed by atoms with van der Waals surface area (Å²) >= 11 is 0. The van der Waals surface area contributed by atoms with Crippen LogP contribution in [0, 0.1) is 0 Å². The minimum atomic E-state index is 0. The second-order valence-electron chi connectivity index (χ2n) is 3.30. The fourth-order valence-corrected chi connectivity index (χ4v) is 1.40. The van der Waals surface area contributed by atoms with Crippen molar-refractivity contribution in [1.82, 2.24) is 0 Å². The van der Waals surface area contributed by atoms with Crippen molar-refractivity contribution in [3.63, 3.8) is 0 Å². The molecule has 1 aromatic carbocycles. The van der Waals surface area contributed by atoms with Crippen molar-refractivity contribution in [2.45, 2.75) is 39.0 Å². The summed E-state index contributed by atoms with van der Waals surface area (Å²) in [5.74, 6) is 0. The fraction of sp³-hybridized carbons (Fsp3) is 0.500. The average Bonchev–Trinajstić information content (AvgIpc) is 2.14. The Balaban J connectivity index is 0.00000144. The Morgan fingerprint density at radius 1 is 0.923 bits per heavy atom. The van der Waals surface area contributed by atoms with Gasteiger partial charge in [0.1, 0.15) is 0 Å². The van der Waals surface area contributed by atoms with Crippen LogP contribution in [-0.2, 0) is 6.42 Å². The van der Waals surface area contributed by atoms with Crippen LogP contribution >= 0.6 is 0 Å². The topological polar surface area (TPSA) is 0 Å². The van der Waals surface area contributed by atoms with Crippen LogP contribution in [-0.4, -0.2) is 29.6 Å². The van der Waals surface area contributed by atoms with Crippen LogP contribution in [0.5, 0.6) is 0 Å². The Morgan fingerprint density at radius 2 is 1.62 bits per heavy atom. The zero-order chi connectivity index (χ0) is 8.65. The maximum atomic E-state index is 2.25. The molecule has 0 amide bonds. The molecule has 0 fully saturated rings. The summed E-state index contributed by atoms with van der Waals surface area (Å²) in [7, 11) is 0. The Hall–Kier alpha value is 0.220. The van der Waals surface area contributed by atoms with E-state index in [-0.39, 0.29) is 29.6 Å². The Kier molecular flexibility index (Phi) is 8.95. The molecule has 0 unspecified atom stereocenters. The predicted molar refractivity (Wildman–Crippen MR) is 61.4 cm³/mol. The van der Waals surface area contributed by atoms with E-state index in [1.54, 1.807) is 0 Å². The zero-order valence-electron chi connectivity index (χ0n) is 7.92. The van der Waals surface area contributed by atoms with E-state index in [9.17, 15) is 0 Å². The van der Waals surface area contributed by atoms with E-state index in [0.717, 1.165) is 0 Å². The summed E-state index contributed by atoms with van der Waals surface area (Å²) in [6, 6.07) is 10.7. The summed E-state index contributed by atoms with van der Waals surface area (Å²) < 4.78 is 0. The average molecular weight is 186 g/mol. The molecule has 0 atom stereocenters. The molecule has 1 rings (SSSR count). The van der Waals surface area contributed by atoms with Crippen molar-refractivity contribution in [3.05, 3.63) is 35.9 Å². The van der Waals surface area contributed by atoms with Gasteiger partial charge in [0.2, 0.25) is 0 Å². The van der Waals surface area contributed by atoms with E-state index in [1.165, 1.54) is 37.7 Å². The van der Waals surface area contributed by atoms with Gasteiger partial charge >= 0.3 is 29.6 Å².